The quantitative estimate of drug-likeness (QED) is 0.798. The average Bonchev–Trinajstić information content (AvgIpc) is 3.28. The second kappa shape index (κ2) is 6.43. The van der Waals surface area contributed by atoms with Crippen LogP contribution in [0.4, 0.5) is 0 Å². The fourth-order valence-corrected chi connectivity index (χ4v) is 8.23. The molecule has 7 atom stereocenters. The number of aromatic nitrogens is 1. The summed E-state index contributed by atoms with van der Waals surface area (Å²) >= 11 is 1.81. The van der Waals surface area contributed by atoms with E-state index >= 15 is 0 Å². The fourth-order valence-electron chi connectivity index (χ4n) is 7.59. The van der Waals surface area contributed by atoms with Crippen LogP contribution in [0.2, 0.25) is 0 Å². The van der Waals surface area contributed by atoms with Crippen molar-refractivity contribution in [2.75, 3.05) is 0 Å². The number of rotatable bonds is 3. The Bertz CT molecular complexity index is 744. The average molecular weight is 385 g/mol. The molecule has 146 valence electrons. The molecule has 5 rings (SSSR count). The third-order valence-corrected chi connectivity index (χ3v) is 9.91. The van der Waals surface area contributed by atoms with Crippen LogP contribution in [0, 0.1) is 34.5 Å². The van der Waals surface area contributed by atoms with Gasteiger partial charge in [-0.3, -0.25) is 4.79 Å². The standard InChI is InChI=1S/C23H32N2OS/c1-22-11-9-18-16(5-7-19-23(18,2)12-10-20(26)25-19)17(22)6-3-15(22)4-8-21-24-13-14-27-21/h10,12-19H,3-9,11H2,1-2H3,(H,25,26)/t15-,16+,17+,18+,19-,22-,23-/m1/s1. The van der Waals surface area contributed by atoms with E-state index in [4.69, 9.17) is 0 Å². The van der Waals surface area contributed by atoms with Crippen molar-refractivity contribution in [3.05, 3.63) is 28.7 Å². The van der Waals surface area contributed by atoms with Gasteiger partial charge in [0.25, 0.3) is 0 Å². The van der Waals surface area contributed by atoms with Gasteiger partial charge in [0, 0.05) is 23.0 Å². The smallest absolute Gasteiger partial charge is 0.243 e. The molecule has 4 aliphatic rings. The Morgan fingerprint density at radius 3 is 2.89 bits per heavy atom. The molecule has 0 radical (unpaired) electrons. The summed E-state index contributed by atoms with van der Waals surface area (Å²) in [4.78, 5) is 16.4. The summed E-state index contributed by atoms with van der Waals surface area (Å²) in [6, 6.07) is 0.350. The van der Waals surface area contributed by atoms with E-state index in [1.165, 1.54) is 43.5 Å². The summed E-state index contributed by atoms with van der Waals surface area (Å²) in [5.41, 5.74) is 0.681. The number of carbonyl (C=O) groups excluding carboxylic acids is 1. The maximum Gasteiger partial charge on any atom is 0.243 e. The zero-order valence-electron chi connectivity index (χ0n) is 16.6. The molecule has 4 heteroatoms. The molecule has 0 aromatic carbocycles. The normalized spacial score (nSPS) is 45.7. The van der Waals surface area contributed by atoms with Crippen LogP contribution >= 0.6 is 11.3 Å². The Balaban J connectivity index is 1.35. The van der Waals surface area contributed by atoms with Crippen molar-refractivity contribution in [3.63, 3.8) is 0 Å². The Kier molecular flexibility index (Phi) is 4.27. The molecule has 3 fully saturated rings. The van der Waals surface area contributed by atoms with Crippen LogP contribution in [0.1, 0.15) is 63.8 Å². The molecule has 1 amide bonds. The summed E-state index contributed by atoms with van der Waals surface area (Å²) in [6.07, 6.45) is 16.5. The SMILES string of the molecule is C[C@]12C=CC(=O)N[C@@H]1CC[C@@H]1[C@@H]2CC[C@]2(C)[C@@H](CCc3nccs3)CC[C@@H]12. The highest BCUT2D eigenvalue weighted by molar-refractivity contribution is 7.09. The van der Waals surface area contributed by atoms with Gasteiger partial charge in [0.05, 0.1) is 5.01 Å². The molecule has 0 bridgehead atoms. The minimum absolute atomic E-state index is 0.111. The third kappa shape index (κ3) is 2.73. The van der Waals surface area contributed by atoms with Crippen molar-refractivity contribution in [1.82, 2.24) is 10.3 Å². The van der Waals surface area contributed by atoms with Gasteiger partial charge in [0.1, 0.15) is 0 Å². The number of thiazole rings is 1. The molecule has 3 aliphatic carbocycles. The number of carbonyl (C=O) groups is 1. The highest BCUT2D eigenvalue weighted by Gasteiger charge is 2.59. The predicted octanol–water partition coefficient (Wildman–Crippen LogP) is 4.99. The topological polar surface area (TPSA) is 42.0 Å². The first-order valence-electron chi connectivity index (χ1n) is 10.9. The molecule has 0 unspecified atom stereocenters. The van der Waals surface area contributed by atoms with Crippen molar-refractivity contribution in [2.45, 2.75) is 71.3 Å². The molecule has 3 nitrogen and oxygen atoms in total. The second-order valence-corrected chi connectivity index (χ2v) is 11.0. The van der Waals surface area contributed by atoms with E-state index in [2.05, 4.69) is 35.6 Å². The van der Waals surface area contributed by atoms with Crippen LogP contribution in [0.3, 0.4) is 0 Å². The first-order chi connectivity index (χ1) is 13.0. The van der Waals surface area contributed by atoms with Crippen molar-refractivity contribution in [2.24, 2.45) is 34.5 Å². The van der Waals surface area contributed by atoms with E-state index < -0.39 is 0 Å². The lowest BCUT2D eigenvalue weighted by molar-refractivity contribution is -0.122. The summed E-state index contributed by atoms with van der Waals surface area (Å²) in [5, 5.41) is 6.69. The highest BCUT2D eigenvalue weighted by Crippen LogP contribution is 2.65. The molecule has 1 aromatic rings. The molecule has 0 saturated heterocycles. The van der Waals surface area contributed by atoms with E-state index in [0.29, 0.717) is 11.5 Å². The van der Waals surface area contributed by atoms with Crippen molar-refractivity contribution >= 4 is 17.2 Å². The van der Waals surface area contributed by atoms with E-state index in [-0.39, 0.29) is 11.3 Å². The molecule has 1 aliphatic heterocycles. The summed E-state index contributed by atoms with van der Waals surface area (Å²) in [6.45, 7) is 5.03. The molecule has 0 spiro atoms. The van der Waals surface area contributed by atoms with E-state index in [1.54, 1.807) is 6.08 Å². The molecule has 3 saturated carbocycles. The van der Waals surface area contributed by atoms with E-state index in [0.717, 1.165) is 36.5 Å². The highest BCUT2D eigenvalue weighted by atomic mass is 32.1. The molecular weight excluding hydrogens is 352 g/mol. The summed E-state index contributed by atoms with van der Waals surface area (Å²) < 4.78 is 0. The zero-order valence-corrected chi connectivity index (χ0v) is 17.4. The first kappa shape index (κ1) is 17.9. The van der Waals surface area contributed by atoms with Crippen LogP contribution in [-0.2, 0) is 11.2 Å². The summed E-state index contributed by atoms with van der Waals surface area (Å²) in [7, 11) is 0. The number of fused-ring (bicyclic) bond motifs is 5. The second-order valence-electron chi connectivity index (χ2n) is 10.00. The first-order valence-corrected chi connectivity index (χ1v) is 11.8. The number of hydrogen-bond donors (Lipinski definition) is 1. The van der Waals surface area contributed by atoms with Crippen LogP contribution in [0.25, 0.3) is 0 Å². The van der Waals surface area contributed by atoms with Crippen LogP contribution in [-0.4, -0.2) is 16.9 Å². The Hall–Kier alpha value is -1.16. The van der Waals surface area contributed by atoms with E-state index in [9.17, 15) is 4.79 Å². The number of nitrogens with zero attached hydrogens (tertiary/aromatic N) is 1. The van der Waals surface area contributed by atoms with Gasteiger partial charge < -0.3 is 5.32 Å². The zero-order chi connectivity index (χ0) is 18.6. The summed E-state index contributed by atoms with van der Waals surface area (Å²) in [5.74, 6) is 3.43. The predicted molar refractivity (Wildman–Crippen MR) is 109 cm³/mol. The van der Waals surface area contributed by atoms with Crippen molar-refractivity contribution in [1.29, 1.82) is 0 Å². The molecule has 2 heterocycles. The lowest BCUT2D eigenvalue weighted by Gasteiger charge is -2.59. The van der Waals surface area contributed by atoms with Gasteiger partial charge in [-0.15, -0.1) is 11.3 Å². The van der Waals surface area contributed by atoms with Crippen molar-refractivity contribution < 1.29 is 4.79 Å². The number of nitrogens with one attached hydrogen (secondary N) is 1. The molecular formula is C23H32N2OS. The molecule has 1 aromatic heterocycles. The van der Waals surface area contributed by atoms with Gasteiger partial charge in [-0.2, -0.15) is 0 Å². The van der Waals surface area contributed by atoms with Crippen molar-refractivity contribution in [3.8, 4) is 0 Å². The maximum absolute atomic E-state index is 11.9. The minimum atomic E-state index is 0.111. The maximum atomic E-state index is 11.9. The Morgan fingerprint density at radius 1 is 1.19 bits per heavy atom. The lowest BCUT2D eigenvalue weighted by Crippen LogP contribution is -2.59. The Labute approximate surface area is 167 Å². The fraction of sp³-hybridized carbons (Fsp3) is 0.739. The monoisotopic (exact) mass is 384 g/mol. The van der Waals surface area contributed by atoms with Crippen LogP contribution in [0.5, 0.6) is 0 Å². The number of amides is 1. The largest absolute Gasteiger partial charge is 0.349 e. The lowest BCUT2D eigenvalue weighted by atomic mass is 9.48. The van der Waals surface area contributed by atoms with Crippen LogP contribution < -0.4 is 5.32 Å². The number of hydrogen-bond acceptors (Lipinski definition) is 3. The molecule has 1 N–H and O–H groups in total. The van der Waals surface area contributed by atoms with Gasteiger partial charge in [-0.25, -0.2) is 4.98 Å². The van der Waals surface area contributed by atoms with Gasteiger partial charge in [0.15, 0.2) is 0 Å². The van der Waals surface area contributed by atoms with Gasteiger partial charge in [-0.1, -0.05) is 19.9 Å². The van der Waals surface area contributed by atoms with Gasteiger partial charge >= 0.3 is 0 Å². The van der Waals surface area contributed by atoms with E-state index in [1.807, 2.05) is 17.5 Å². The van der Waals surface area contributed by atoms with Crippen LogP contribution in [0.15, 0.2) is 23.7 Å². The van der Waals surface area contributed by atoms with Gasteiger partial charge in [-0.05, 0) is 86.5 Å². The number of aryl methyl sites for hydroxylation is 1. The Morgan fingerprint density at radius 2 is 2.07 bits per heavy atom. The third-order valence-electron chi connectivity index (χ3n) is 9.07. The van der Waals surface area contributed by atoms with Gasteiger partial charge in [0.2, 0.25) is 5.91 Å². The minimum Gasteiger partial charge on any atom is -0.349 e. The molecule has 27 heavy (non-hydrogen) atoms.